The molecule has 0 radical (unpaired) electrons. The molecule has 0 spiro atoms. The zero-order chi connectivity index (χ0) is 15.4. The van der Waals surface area contributed by atoms with Gasteiger partial charge in [-0.25, -0.2) is 0 Å². The molecule has 21 heavy (non-hydrogen) atoms. The first-order valence-corrected chi connectivity index (χ1v) is 9.06. The predicted octanol–water partition coefficient (Wildman–Crippen LogP) is 4.38. The third-order valence-corrected chi connectivity index (χ3v) is 4.96. The first kappa shape index (κ1) is 17.0. The maximum Gasteiger partial charge on any atom is 0.0596 e. The molecule has 0 amide bonds. The number of aromatic nitrogens is 2. The lowest BCUT2D eigenvalue weighted by Gasteiger charge is -2.21. The van der Waals surface area contributed by atoms with Crippen molar-refractivity contribution in [2.45, 2.75) is 32.7 Å². The van der Waals surface area contributed by atoms with Crippen molar-refractivity contribution in [2.75, 3.05) is 6.54 Å². The summed E-state index contributed by atoms with van der Waals surface area (Å²) in [5, 5.41) is 8.13. The van der Waals surface area contributed by atoms with Gasteiger partial charge in [-0.2, -0.15) is 5.10 Å². The Labute approximate surface area is 148 Å². The van der Waals surface area contributed by atoms with Gasteiger partial charge in [0.2, 0.25) is 0 Å². The monoisotopic (exact) mass is 461 g/mol. The van der Waals surface area contributed by atoms with Crippen molar-refractivity contribution < 1.29 is 0 Å². The molecule has 1 aromatic carbocycles. The van der Waals surface area contributed by atoms with Crippen LogP contribution >= 0.6 is 38.5 Å². The van der Waals surface area contributed by atoms with Crippen molar-refractivity contribution in [3.8, 4) is 0 Å². The Morgan fingerprint density at radius 2 is 2.14 bits per heavy atom. The van der Waals surface area contributed by atoms with Crippen LogP contribution in [-0.4, -0.2) is 16.3 Å². The highest BCUT2D eigenvalue weighted by molar-refractivity contribution is 14.1. The Balaban J connectivity index is 2.29. The zero-order valence-electron chi connectivity index (χ0n) is 12.7. The summed E-state index contributed by atoms with van der Waals surface area (Å²) in [6, 6.07) is 8.96. The summed E-state index contributed by atoms with van der Waals surface area (Å²) >= 11 is 6.01. The minimum Gasteiger partial charge on any atom is -0.310 e. The van der Waals surface area contributed by atoms with Gasteiger partial charge in [0.15, 0.2) is 0 Å². The van der Waals surface area contributed by atoms with E-state index in [1.165, 1.54) is 14.8 Å². The second kappa shape index (κ2) is 7.74. The van der Waals surface area contributed by atoms with Gasteiger partial charge in [0.25, 0.3) is 0 Å². The van der Waals surface area contributed by atoms with Crippen LogP contribution in [-0.2, 0) is 13.5 Å². The summed E-state index contributed by atoms with van der Waals surface area (Å²) in [5.74, 6) is 0. The highest BCUT2D eigenvalue weighted by atomic mass is 127. The first-order valence-electron chi connectivity index (χ1n) is 7.19. The molecule has 0 aliphatic heterocycles. The lowest BCUT2D eigenvalue weighted by molar-refractivity contribution is 0.510. The third kappa shape index (κ3) is 4.53. The van der Waals surface area contributed by atoms with Gasteiger partial charge in [-0.1, -0.05) is 22.9 Å². The Kier molecular flexibility index (Phi) is 6.25. The van der Waals surface area contributed by atoms with E-state index < -0.39 is 0 Å². The molecule has 1 unspecified atom stereocenters. The van der Waals surface area contributed by atoms with Crippen LogP contribution in [0.25, 0.3) is 0 Å². The van der Waals surface area contributed by atoms with Crippen LogP contribution in [0.15, 0.2) is 28.7 Å². The quantitative estimate of drug-likeness (QED) is 0.647. The molecule has 5 heteroatoms. The summed E-state index contributed by atoms with van der Waals surface area (Å²) in [6.45, 7) is 5.26. The molecular formula is C16H21BrIN3. The lowest BCUT2D eigenvalue weighted by Crippen LogP contribution is -2.25. The van der Waals surface area contributed by atoms with Gasteiger partial charge in [0, 0.05) is 33.2 Å². The topological polar surface area (TPSA) is 29.9 Å². The fourth-order valence-corrected chi connectivity index (χ4v) is 3.55. The van der Waals surface area contributed by atoms with Gasteiger partial charge >= 0.3 is 0 Å². The van der Waals surface area contributed by atoms with Crippen molar-refractivity contribution >= 4 is 38.5 Å². The molecule has 0 saturated heterocycles. The van der Waals surface area contributed by atoms with Gasteiger partial charge in [-0.3, -0.25) is 4.68 Å². The number of nitrogens with one attached hydrogen (secondary N) is 1. The van der Waals surface area contributed by atoms with Crippen LogP contribution in [0.4, 0.5) is 0 Å². The summed E-state index contributed by atoms with van der Waals surface area (Å²) in [7, 11) is 2.02. The molecular weight excluding hydrogens is 441 g/mol. The van der Waals surface area contributed by atoms with E-state index in [-0.39, 0.29) is 0 Å². The van der Waals surface area contributed by atoms with E-state index >= 15 is 0 Å². The number of hydrogen-bond donors (Lipinski definition) is 1. The van der Waals surface area contributed by atoms with Crippen LogP contribution in [0.1, 0.15) is 36.3 Å². The Morgan fingerprint density at radius 1 is 1.38 bits per heavy atom. The van der Waals surface area contributed by atoms with Gasteiger partial charge in [0.1, 0.15) is 0 Å². The van der Waals surface area contributed by atoms with Crippen LogP contribution in [0.2, 0.25) is 0 Å². The van der Waals surface area contributed by atoms with Gasteiger partial charge in [-0.05, 0) is 72.3 Å². The molecule has 0 fully saturated rings. The molecule has 1 atom stereocenters. The summed E-state index contributed by atoms with van der Waals surface area (Å²) in [5.41, 5.74) is 3.68. The minimum absolute atomic E-state index is 0.309. The number of hydrogen-bond acceptors (Lipinski definition) is 2. The van der Waals surface area contributed by atoms with Crippen LogP contribution < -0.4 is 5.32 Å². The molecule has 1 heterocycles. The molecule has 0 saturated carbocycles. The zero-order valence-corrected chi connectivity index (χ0v) is 16.4. The van der Waals surface area contributed by atoms with Crippen molar-refractivity contribution in [3.63, 3.8) is 0 Å². The molecule has 0 aliphatic carbocycles. The van der Waals surface area contributed by atoms with Gasteiger partial charge in [-0.15, -0.1) is 0 Å². The predicted molar refractivity (Wildman–Crippen MR) is 99.5 cm³/mol. The second-order valence-electron chi connectivity index (χ2n) is 5.28. The molecule has 1 N–H and O–H groups in total. The third-order valence-electron chi connectivity index (χ3n) is 3.49. The molecule has 0 bridgehead atoms. The largest absolute Gasteiger partial charge is 0.310 e. The van der Waals surface area contributed by atoms with Crippen molar-refractivity contribution in [1.82, 2.24) is 15.1 Å². The molecule has 3 nitrogen and oxygen atoms in total. The average molecular weight is 462 g/mol. The van der Waals surface area contributed by atoms with Crippen LogP contribution in [0.5, 0.6) is 0 Å². The van der Waals surface area contributed by atoms with Gasteiger partial charge < -0.3 is 5.32 Å². The first-order chi connectivity index (χ1) is 10.0. The lowest BCUT2D eigenvalue weighted by atomic mass is 10.0. The highest BCUT2D eigenvalue weighted by Gasteiger charge is 2.17. The molecule has 2 rings (SSSR count). The minimum atomic E-state index is 0.309. The Hall–Kier alpha value is -0.400. The average Bonchev–Trinajstić information content (AvgIpc) is 2.75. The van der Waals surface area contributed by atoms with E-state index in [2.05, 4.69) is 80.1 Å². The fourth-order valence-electron chi connectivity index (χ4n) is 2.46. The number of nitrogens with zero attached hydrogens (tertiary/aromatic N) is 2. The molecule has 114 valence electrons. The van der Waals surface area contributed by atoms with Crippen molar-refractivity contribution in [1.29, 1.82) is 0 Å². The summed E-state index contributed by atoms with van der Waals surface area (Å²) in [6.07, 6.45) is 2.08. The maximum absolute atomic E-state index is 4.46. The van der Waals surface area contributed by atoms with E-state index in [0.29, 0.717) is 6.04 Å². The molecule has 2 aromatic rings. The van der Waals surface area contributed by atoms with E-state index in [9.17, 15) is 0 Å². The van der Waals surface area contributed by atoms with Crippen LogP contribution in [0.3, 0.4) is 0 Å². The van der Waals surface area contributed by atoms with E-state index in [1.54, 1.807) is 0 Å². The number of halogens is 2. The Bertz CT molecular complexity index is 610. The number of rotatable bonds is 6. The SMILES string of the molecule is CCCNC(Cc1cc(C)nn1C)c1cc(Br)ccc1I. The number of benzene rings is 1. The van der Waals surface area contributed by atoms with E-state index in [4.69, 9.17) is 0 Å². The maximum atomic E-state index is 4.46. The summed E-state index contributed by atoms with van der Waals surface area (Å²) in [4.78, 5) is 0. The number of aryl methyl sites for hydroxylation is 2. The highest BCUT2D eigenvalue weighted by Crippen LogP contribution is 2.27. The fraction of sp³-hybridized carbons (Fsp3) is 0.438. The van der Waals surface area contributed by atoms with E-state index in [1.807, 2.05) is 18.7 Å². The Morgan fingerprint density at radius 3 is 2.76 bits per heavy atom. The molecule has 1 aromatic heterocycles. The normalized spacial score (nSPS) is 12.6. The van der Waals surface area contributed by atoms with Crippen LogP contribution in [0, 0.1) is 10.5 Å². The summed E-state index contributed by atoms with van der Waals surface area (Å²) < 4.78 is 4.41. The van der Waals surface area contributed by atoms with Gasteiger partial charge in [0.05, 0.1) is 5.69 Å². The van der Waals surface area contributed by atoms with E-state index in [0.717, 1.165) is 29.6 Å². The molecule has 0 aliphatic rings. The van der Waals surface area contributed by atoms with Crippen molar-refractivity contribution in [3.05, 3.63) is 49.3 Å². The second-order valence-corrected chi connectivity index (χ2v) is 7.36. The standard InChI is InChI=1S/C16H21BrIN3/c1-4-7-19-16(10-13-8-11(2)20-21(13)3)14-9-12(17)5-6-15(14)18/h5-6,8-9,16,19H,4,7,10H2,1-3H3. The smallest absolute Gasteiger partial charge is 0.0596 e. The van der Waals surface area contributed by atoms with Crippen molar-refractivity contribution in [2.24, 2.45) is 7.05 Å².